The van der Waals surface area contributed by atoms with Crippen LogP contribution in [0.25, 0.3) is 21.0 Å². The van der Waals surface area contributed by atoms with Crippen LogP contribution in [0, 0.1) is 5.92 Å². The number of carbonyl (C=O) groups excluding carboxylic acids is 1. The number of carbonyl (C=O) groups is 1. The zero-order valence-electron chi connectivity index (χ0n) is 25.2. The first-order chi connectivity index (χ1) is 21.5. The second kappa shape index (κ2) is 14.1. The number of ether oxygens (including phenoxy) is 2. The standard InChI is InChI=1S/C36H39N3O4S/c1-27(24-28-8-3-2-4-9-28)36(41)43-26-39-33-25-30(14-12-29(33)13-15-35(39)40)42-22-6-5-17-37-18-20-38(21-19-37)32-10-7-11-34-31(32)16-23-44-34/h2-4,7-16,23,25,27H,5-6,17-22,24,26H2,1H3. The van der Waals surface area contributed by atoms with Crippen molar-refractivity contribution in [2.24, 2.45) is 5.92 Å². The number of benzene rings is 3. The highest BCUT2D eigenvalue weighted by Crippen LogP contribution is 2.31. The van der Waals surface area contributed by atoms with Crippen LogP contribution < -0.4 is 15.2 Å². The van der Waals surface area contributed by atoms with Crippen molar-refractivity contribution >= 4 is 44.0 Å². The summed E-state index contributed by atoms with van der Waals surface area (Å²) >= 11 is 1.80. The van der Waals surface area contributed by atoms with E-state index < -0.39 is 0 Å². The molecule has 0 bridgehead atoms. The number of thiophene rings is 1. The highest BCUT2D eigenvalue weighted by molar-refractivity contribution is 7.17. The van der Waals surface area contributed by atoms with Gasteiger partial charge in [0.2, 0.25) is 0 Å². The Labute approximate surface area is 262 Å². The van der Waals surface area contributed by atoms with E-state index in [-0.39, 0.29) is 24.2 Å². The Morgan fingerprint density at radius 3 is 2.57 bits per heavy atom. The molecule has 0 N–H and O–H groups in total. The van der Waals surface area contributed by atoms with E-state index in [4.69, 9.17) is 9.47 Å². The summed E-state index contributed by atoms with van der Waals surface area (Å²) in [6.07, 6.45) is 2.60. The van der Waals surface area contributed by atoms with Gasteiger partial charge < -0.3 is 14.4 Å². The lowest BCUT2D eigenvalue weighted by atomic mass is 10.0. The van der Waals surface area contributed by atoms with Crippen molar-refractivity contribution < 1.29 is 14.3 Å². The minimum Gasteiger partial charge on any atom is -0.494 e. The summed E-state index contributed by atoms with van der Waals surface area (Å²) < 4.78 is 14.5. The molecule has 0 amide bonds. The highest BCUT2D eigenvalue weighted by atomic mass is 32.1. The normalized spacial score (nSPS) is 14.6. The number of piperazine rings is 1. The molecular weight excluding hydrogens is 570 g/mol. The Kier molecular flexibility index (Phi) is 9.58. The zero-order valence-corrected chi connectivity index (χ0v) is 26.0. The van der Waals surface area contributed by atoms with Gasteiger partial charge in [0.25, 0.3) is 5.56 Å². The van der Waals surface area contributed by atoms with E-state index in [2.05, 4.69) is 39.4 Å². The van der Waals surface area contributed by atoms with Crippen LogP contribution in [0.3, 0.4) is 0 Å². The largest absolute Gasteiger partial charge is 0.494 e. The summed E-state index contributed by atoms with van der Waals surface area (Å²) in [6.45, 7) is 7.61. The van der Waals surface area contributed by atoms with Gasteiger partial charge in [0.1, 0.15) is 5.75 Å². The first-order valence-corrected chi connectivity index (χ1v) is 16.3. The second-order valence-electron chi connectivity index (χ2n) is 11.5. The van der Waals surface area contributed by atoms with Crippen molar-refractivity contribution in [2.45, 2.75) is 32.9 Å². The average Bonchev–Trinajstić information content (AvgIpc) is 3.54. The molecule has 1 atom stereocenters. The smallest absolute Gasteiger partial charge is 0.310 e. The predicted octanol–water partition coefficient (Wildman–Crippen LogP) is 6.58. The number of anilines is 1. The number of rotatable bonds is 12. The molecule has 3 aromatic carbocycles. The van der Waals surface area contributed by atoms with Gasteiger partial charge in [-0.25, -0.2) is 0 Å². The summed E-state index contributed by atoms with van der Waals surface area (Å²) in [6, 6.07) is 27.7. The van der Waals surface area contributed by atoms with Gasteiger partial charge in [-0.15, -0.1) is 11.3 Å². The molecule has 2 aromatic heterocycles. The van der Waals surface area contributed by atoms with Crippen LogP contribution in [0.4, 0.5) is 5.69 Å². The minimum atomic E-state index is -0.327. The van der Waals surface area contributed by atoms with Gasteiger partial charge in [-0.3, -0.25) is 19.1 Å². The molecule has 3 heterocycles. The van der Waals surface area contributed by atoms with Crippen molar-refractivity contribution in [1.29, 1.82) is 0 Å². The van der Waals surface area contributed by atoms with Crippen LogP contribution in [-0.4, -0.2) is 54.8 Å². The Balaban J connectivity index is 0.968. The molecule has 0 radical (unpaired) electrons. The third-order valence-electron chi connectivity index (χ3n) is 8.41. The first kappa shape index (κ1) is 29.9. The van der Waals surface area contributed by atoms with Crippen molar-refractivity contribution in [3.8, 4) is 5.75 Å². The predicted molar refractivity (Wildman–Crippen MR) is 179 cm³/mol. The van der Waals surface area contributed by atoms with Gasteiger partial charge in [-0.1, -0.05) is 43.3 Å². The molecule has 1 fully saturated rings. The van der Waals surface area contributed by atoms with Gasteiger partial charge in [-0.05, 0) is 78.5 Å². The molecule has 1 aliphatic rings. The molecule has 8 heteroatoms. The number of unbranched alkanes of at least 4 members (excludes halogenated alkanes) is 1. The van der Waals surface area contributed by atoms with Crippen molar-refractivity contribution in [2.75, 3.05) is 44.2 Å². The Morgan fingerprint density at radius 1 is 0.909 bits per heavy atom. The second-order valence-corrected chi connectivity index (χ2v) is 12.4. The van der Waals surface area contributed by atoms with Gasteiger partial charge in [-0.2, -0.15) is 0 Å². The van der Waals surface area contributed by atoms with E-state index in [1.807, 2.05) is 55.5 Å². The van der Waals surface area contributed by atoms with Crippen LogP contribution in [0.15, 0.2) is 95.1 Å². The van der Waals surface area contributed by atoms with E-state index in [9.17, 15) is 9.59 Å². The summed E-state index contributed by atoms with van der Waals surface area (Å²) in [5.41, 5.74) is 2.90. The number of pyridine rings is 1. The van der Waals surface area contributed by atoms with Gasteiger partial charge in [0.05, 0.1) is 18.0 Å². The Morgan fingerprint density at radius 2 is 1.73 bits per heavy atom. The van der Waals surface area contributed by atoms with Gasteiger partial charge in [0.15, 0.2) is 6.73 Å². The minimum absolute atomic E-state index is 0.132. The number of nitrogens with zero attached hydrogens (tertiary/aromatic N) is 3. The molecule has 44 heavy (non-hydrogen) atoms. The molecule has 5 aromatic rings. The summed E-state index contributed by atoms with van der Waals surface area (Å²) in [7, 11) is 0. The van der Waals surface area contributed by atoms with Gasteiger partial charge in [0, 0.05) is 54.1 Å². The van der Waals surface area contributed by atoms with Crippen molar-refractivity contribution in [1.82, 2.24) is 9.47 Å². The molecule has 1 saturated heterocycles. The van der Waals surface area contributed by atoms with Crippen LogP contribution in [-0.2, 0) is 22.7 Å². The fraction of sp³-hybridized carbons (Fsp3) is 0.333. The summed E-state index contributed by atoms with van der Waals surface area (Å²) in [4.78, 5) is 30.5. The Bertz CT molecular complexity index is 1760. The summed E-state index contributed by atoms with van der Waals surface area (Å²) in [5.74, 6) is 0.0650. The highest BCUT2D eigenvalue weighted by Gasteiger charge is 2.19. The lowest BCUT2D eigenvalue weighted by molar-refractivity contribution is -0.151. The van der Waals surface area contributed by atoms with E-state index in [1.165, 1.54) is 26.4 Å². The number of esters is 1. The average molecular weight is 610 g/mol. The molecule has 1 unspecified atom stereocenters. The number of fused-ring (bicyclic) bond motifs is 2. The third kappa shape index (κ3) is 7.14. The van der Waals surface area contributed by atoms with E-state index >= 15 is 0 Å². The van der Waals surface area contributed by atoms with Crippen molar-refractivity contribution in [3.05, 3.63) is 106 Å². The number of hydrogen-bond donors (Lipinski definition) is 0. The molecule has 6 rings (SSSR count). The molecule has 0 saturated carbocycles. The lowest BCUT2D eigenvalue weighted by Gasteiger charge is -2.36. The molecule has 0 spiro atoms. The van der Waals surface area contributed by atoms with E-state index in [0.717, 1.165) is 56.5 Å². The van der Waals surface area contributed by atoms with E-state index in [1.54, 1.807) is 17.4 Å². The van der Waals surface area contributed by atoms with Crippen LogP contribution in [0.1, 0.15) is 25.3 Å². The molecule has 228 valence electrons. The molecule has 1 aliphatic heterocycles. The molecule has 7 nitrogen and oxygen atoms in total. The maximum Gasteiger partial charge on any atom is 0.310 e. The maximum absolute atomic E-state index is 12.7. The fourth-order valence-corrected chi connectivity index (χ4v) is 6.71. The quantitative estimate of drug-likeness (QED) is 0.118. The fourth-order valence-electron chi connectivity index (χ4n) is 5.91. The topological polar surface area (TPSA) is 64.0 Å². The number of aromatic nitrogens is 1. The van der Waals surface area contributed by atoms with Crippen LogP contribution in [0.2, 0.25) is 0 Å². The molecular formula is C36H39N3O4S. The third-order valence-corrected chi connectivity index (χ3v) is 9.29. The monoisotopic (exact) mass is 609 g/mol. The maximum atomic E-state index is 12.7. The van der Waals surface area contributed by atoms with Crippen LogP contribution >= 0.6 is 11.3 Å². The van der Waals surface area contributed by atoms with Crippen molar-refractivity contribution in [3.63, 3.8) is 0 Å². The zero-order chi connectivity index (χ0) is 30.3. The summed E-state index contributed by atoms with van der Waals surface area (Å²) in [5, 5.41) is 4.43. The Hall–Kier alpha value is -4.14. The lowest BCUT2D eigenvalue weighted by Crippen LogP contribution is -2.46. The SMILES string of the molecule is CC(Cc1ccccc1)C(=O)OCn1c(=O)ccc2ccc(OCCCCN3CCN(c4cccc5sccc45)CC3)cc21. The van der Waals surface area contributed by atoms with Crippen LogP contribution in [0.5, 0.6) is 5.75 Å². The number of hydrogen-bond acceptors (Lipinski definition) is 7. The van der Waals surface area contributed by atoms with E-state index in [0.29, 0.717) is 24.3 Å². The first-order valence-electron chi connectivity index (χ1n) is 15.5. The van der Waals surface area contributed by atoms with Gasteiger partial charge >= 0.3 is 5.97 Å². The molecule has 0 aliphatic carbocycles.